The first-order valence-electron chi connectivity index (χ1n) is 8.15. The van der Waals surface area contributed by atoms with Crippen LogP contribution >= 0.6 is 12.6 Å². The van der Waals surface area contributed by atoms with E-state index in [9.17, 15) is 4.79 Å². The molecule has 1 amide bonds. The van der Waals surface area contributed by atoms with Crippen LogP contribution in [0.5, 0.6) is 0 Å². The van der Waals surface area contributed by atoms with Crippen molar-refractivity contribution in [1.29, 1.82) is 0 Å². The van der Waals surface area contributed by atoms with Gasteiger partial charge in [0.05, 0.1) is 0 Å². The summed E-state index contributed by atoms with van der Waals surface area (Å²) in [7, 11) is 0. The Labute approximate surface area is 132 Å². The normalized spacial score (nSPS) is 36.8. The number of carbonyl (C=O) groups is 1. The van der Waals surface area contributed by atoms with Crippen molar-refractivity contribution >= 4 is 18.5 Å². The lowest BCUT2D eigenvalue weighted by atomic mass is 9.53. The molecule has 4 bridgehead atoms. The van der Waals surface area contributed by atoms with Crippen LogP contribution in [0.1, 0.15) is 54.4 Å². The summed E-state index contributed by atoms with van der Waals surface area (Å²) in [6.45, 7) is 2.00. The molecule has 0 radical (unpaired) electrons. The number of nitrogens with one attached hydrogen (secondary N) is 1. The number of benzene rings is 1. The van der Waals surface area contributed by atoms with E-state index in [1.54, 1.807) is 0 Å². The standard InChI is InChI=1S/C18H23NOS/c1-11-2-3-15(21)7-16(11)17(20)19-18-8-12-4-13(9-18)6-14(5-12)10-18/h2-3,7,12-14,21H,4-6,8-10H2,1H3,(H,19,20). The van der Waals surface area contributed by atoms with Crippen molar-refractivity contribution in [3.05, 3.63) is 29.3 Å². The summed E-state index contributed by atoms with van der Waals surface area (Å²) in [6, 6.07) is 5.82. The number of rotatable bonds is 2. The van der Waals surface area contributed by atoms with Gasteiger partial charge in [-0.15, -0.1) is 12.6 Å². The molecule has 21 heavy (non-hydrogen) atoms. The first-order valence-corrected chi connectivity index (χ1v) is 8.60. The van der Waals surface area contributed by atoms with Crippen LogP contribution in [0.25, 0.3) is 0 Å². The van der Waals surface area contributed by atoms with Gasteiger partial charge in [-0.1, -0.05) is 6.07 Å². The summed E-state index contributed by atoms with van der Waals surface area (Å²) in [6.07, 6.45) is 7.81. The fraction of sp³-hybridized carbons (Fsp3) is 0.611. The Kier molecular flexibility index (Phi) is 3.11. The number of carbonyl (C=O) groups excluding carboxylic acids is 1. The van der Waals surface area contributed by atoms with Gasteiger partial charge in [-0.05, 0) is 80.9 Å². The number of aryl methyl sites for hydroxylation is 1. The molecule has 0 aromatic heterocycles. The largest absolute Gasteiger partial charge is 0.347 e. The van der Waals surface area contributed by atoms with Crippen molar-refractivity contribution in [2.24, 2.45) is 17.8 Å². The van der Waals surface area contributed by atoms with Crippen LogP contribution in [0.4, 0.5) is 0 Å². The lowest BCUT2D eigenvalue weighted by Gasteiger charge is -2.56. The topological polar surface area (TPSA) is 29.1 Å². The predicted molar refractivity (Wildman–Crippen MR) is 86.8 cm³/mol. The molecule has 0 atom stereocenters. The van der Waals surface area contributed by atoms with Crippen molar-refractivity contribution in [1.82, 2.24) is 5.32 Å². The van der Waals surface area contributed by atoms with E-state index in [2.05, 4.69) is 17.9 Å². The molecule has 5 rings (SSSR count). The molecule has 0 spiro atoms. The van der Waals surface area contributed by atoms with E-state index >= 15 is 0 Å². The van der Waals surface area contributed by atoms with Gasteiger partial charge in [0, 0.05) is 16.0 Å². The van der Waals surface area contributed by atoms with Gasteiger partial charge in [0.2, 0.25) is 0 Å². The average molecular weight is 301 g/mol. The van der Waals surface area contributed by atoms with E-state index in [-0.39, 0.29) is 11.4 Å². The molecule has 0 aliphatic heterocycles. The molecule has 4 aliphatic carbocycles. The van der Waals surface area contributed by atoms with Crippen molar-refractivity contribution in [3.8, 4) is 0 Å². The Balaban J connectivity index is 1.58. The monoisotopic (exact) mass is 301 g/mol. The molecule has 1 N–H and O–H groups in total. The summed E-state index contributed by atoms with van der Waals surface area (Å²) in [4.78, 5) is 13.6. The van der Waals surface area contributed by atoms with Crippen molar-refractivity contribution in [2.45, 2.75) is 55.9 Å². The van der Waals surface area contributed by atoms with E-state index in [0.717, 1.165) is 33.8 Å². The molecule has 0 saturated heterocycles. The minimum atomic E-state index is 0.0882. The Morgan fingerprint density at radius 1 is 1.14 bits per heavy atom. The number of amides is 1. The maximum atomic E-state index is 12.8. The fourth-order valence-electron chi connectivity index (χ4n) is 5.43. The van der Waals surface area contributed by atoms with E-state index in [4.69, 9.17) is 0 Å². The lowest BCUT2D eigenvalue weighted by molar-refractivity contribution is -0.0167. The Hall–Kier alpha value is -0.960. The van der Waals surface area contributed by atoms with Gasteiger partial charge in [0.25, 0.3) is 5.91 Å². The molecule has 112 valence electrons. The van der Waals surface area contributed by atoms with E-state index in [1.807, 2.05) is 25.1 Å². The second kappa shape index (κ2) is 4.77. The van der Waals surface area contributed by atoms with Gasteiger partial charge in [-0.3, -0.25) is 4.79 Å². The molecule has 1 aromatic rings. The highest BCUT2D eigenvalue weighted by molar-refractivity contribution is 7.80. The average Bonchev–Trinajstić information content (AvgIpc) is 2.39. The summed E-state index contributed by atoms with van der Waals surface area (Å²) in [5, 5.41) is 3.44. The van der Waals surface area contributed by atoms with Crippen LogP contribution in [0, 0.1) is 24.7 Å². The van der Waals surface area contributed by atoms with Crippen molar-refractivity contribution in [3.63, 3.8) is 0 Å². The first-order chi connectivity index (χ1) is 10.0. The third kappa shape index (κ3) is 2.40. The fourth-order valence-corrected chi connectivity index (χ4v) is 5.63. The van der Waals surface area contributed by atoms with Crippen molar-refractivity contribution < 1.29 is 4.79 Å². The van der Waals surface area contributed by atoms with Crippen LogP contribution in [0.2, 0.25) is 0 Å². The Bertz CT molecular complexity index is 560. The van der Waals surface area contributed by atoms with Gasteiger partial charge in [0.1, 0.15) is 0 Å². The van der Waals surface area contributed by atoms with E-state index in [0.29, 0.717) is 0 Å². The Morgan fingerprint density at radius 3 is 2.29 bits per heavy atom. The summed E-state index contributed by atoms with van der Waals surface area (Å²) < 4.78 is 0. The number of hydrogen-bond donors (Lipinski definition) is 2. The maximum absolute atomic E-state index is 12.8. The third-order valence-corrected chi connectivity index (χ3v) is 6.16. The summed E-state index contributed by atoms with van der Waals surface area (Å²) in [5.41, 5.74) is 1.92. The highest BCUT2D eigenvalue weighted by Crippen LogP contribution is 2.55. The lowest BCUT2D eigenvalue weighted by Crippen LogP contribution is -2.59. The van der Waals surface area contributed by atoms with Gasteiger partial charge >= 0.3 is 0 Å². The molecule has 4 saturated carbocycles. The summed E-state index contributed by atoms with van der Waals surface area (Å²) >= 11 is 4.37. The van der Waals surface area contributed by atoms with E-state index in [1.165, 1.54) is 38.5 Å². The maximum Gasteiger partial charge on any atom is 0.252 e. The van der Waals surface area contributed by atoms with Crippen molar-refractivity contribution in [2.75, 3.05) is 0 Å². The quantitative estimate of drug-likeness (QED) is 0.795. The summed E-state index contributed by atoms with van der Waals surface area (Å²) in [5.74, 6) is 2.67. The second-order valence-electron chi connectivity index (χ2n) is 7.65. The zero-order valence-electron chi connectivity index (χ0n) is 12.6. The minimum Gasteiger partial charge on any atom is -0.347 e. The second-order valence-corrected chi connectivity index (χ2v) is 8.17. The molecular formula is C18H23NOS. The SMILES string of the molecule is Cc1ccc(S)cc1C(=O)NC12CC3CC(CC(C3)C1)C2. The molecule has 2 nitrogen and oxygen atoms in total. The number of hydrogen-bond acceptors (Lipinski definition) is 2. The minimum absolute atomic E-state index is 0.0882. The third-order valence-electron chi connectivity index (χ3n) is 5.88. The van der Waals surface area contributed by atoms with Crippen LogP contribution in [0.3, 0.4) is 0 Å². The smallest absolute Gasteiger partial charge is 0.252 e. The van der Waals surface area contributed by atoms with Crippen LogP contribution in [0.15, 0.2) is 23.1 Å². The molecule has 4 fully saturated rings. The molecule has 1 aromatic carbocycles. The first kappa shape index (κ1) is 13.7. The van der Waals surface area contributed by atoms with Crippen LogP contribution < -0.4 is 5.32 Å². The van der Waals surface area contributed by atoms with Crippen LogP contribution in [-0.2, 0) is 0 Å². The highest BCUT2D eigenvalue weighted by Gasteiger charge is 2.51. The zero-order chi connectivity index (χ0) is 14.6. The van der Waals surface area contributed by atoms with Gasteiger partial charge in [0.15, 0.2) is 0 Å². The molecule has 0 heterocycles. The van der Waals surface area contributed by atoms with Gasteiger partial charge in [-0.25, -0.2) is 0 Å². The predicted octanol–water partition coefficient (Wildman–Crippen LogP) is 3.98. The van der Waals surface area contributed by atoms with Gasteiger partial charge < -0.3 is 5.32 Å². The highest BCUT2D eigenvalue weighted by atomic mass is 32.1. The molecule has 3 heteroatoms. The molecule has 0 unspecified atom stereocenters. The molecular weight excluding hydrogens is 278 g/mol. The number of thiol groups is 1. The zero-order valence-corrected chi connectivity index (χ0v) is 13.5. The molecule has 4 aliphatic rings. The van der Waals surface area contributed by atoms with Crippen LogP contribution in [-0.4, -0.2) is 11.4 Å². The van der Waals surface area contributed by atoms with E-state index < -0.39 is 0 Å². The Morgan fingerprint density at radius 2 is 1.71 bits per heavy atom. The van der Waals surface area contributed by atoms with Gasteiger partial charge in [-0.2, -0.15) is 0 Å².